The van der Waals surface area contributed by atoms with Gasteiger partial charge in [0.25, 0.3) is 0 Å². The summed E-state index contributed by atoms with van der Waals surface area (Å²) < 4.78 is 11.8. The molecule has 1 aliphatic heterocycles. The SMILES string of the molecule is CCCCOC(=O)C1CSC2(O1)C1CC3CC(C1)CC2C3. The highest BCUT2D eigenvalue weighted by Crippen LogP contribution is 2.65. The highest BCUT2D eigenvalue weighted by Gasteiger charge is 2.62. The Morgan fingerprint density at radius 1 is 1.19 bits per heavy atom. The topological polar surface area (TPSA) is 35.5 Å². The van der Waals surface area contributed by atoms with Crippen LogP contribution in [0.15, 0.2) is 0 Å². The number of hydrogen-bond acceptors (Lipinski definition) is 4. The number of ether oxygens (including phenoxy) is 2. The number of rotatable bonds is 4. The van der Waals surface area contributed by atoms with Gasteiger partial charge in [0, 0.05) is 5.75 Å². The predicted molar refractivity (Wildman–Crippen MR) is 83.0 cm³/mol. The molecule has 4 bridgehead atoms. The van der Waals surface area contributed by atoms with Crippen LogP contribution >= 0.6 is 11.8 Å². The van der Waals surface area contributed by atoms with Gasteiger partial charge < -0.3 is 9.47 Å². The van der Waals surface area contributed by atoms with Gasteiger partial charge in [-0.2, -0.15) is 0 Å². The van der Waals surface area contributed by atoms with Crippen molar-refractivity contribution in [1.82, 2.24) is 0 Å². The summed E-state index contributed by atoms with van der Waals surface area (Å²) in [6, 6.07) is 0. The van der Waals surface area contributed by atoms with Gasteiger partial charge in [-0.1, -0.05) is 13.3 Å². The summed E-state index contributed by atoms with van der Waals surface area (Å²) in [7, 11) is 0. The van der Waals surface area contributed by atoms with Crippen LogP contribution in [0.25, 0.3) is 0 Å². The second kappa shape index (κ2) is 5.45. The molecule has 0 N–H and O–H groups in total. The quantitative estimate of drug-likeness (QED) is 0.587. The zero-order valence-electron chi connectivity index (χ0n) is 12.9. The van der Waals surface area contributed by atoms with Crippen LogP contribution in [0.1, 0.15) is 51.9 Å². The first-order chi connectivity index (χ1) is 10.2. The lowest BCUT2D eigenvalue weighted by Crippen LogP contribution is -2.56. The van der Waals surface area contributed by atoms with Crippen molar-refractivity contribution in [3.63, 3.8) is 0 Å². The molecule has 5 aliphatic rings. The third-order valence-electron chi connectivity index (χ3n) is 6.07. The zero-order chi connectivity index (χ0) is 14.4. The molecule has 0 aromatic heterocycles. The molecular weight excluding hydrogens is 284 g/mol. The van der Waals surface area contributed by atoms with Crippen molar-refractivity contribution in [2.45, 2.75) is 62.9 Å². The molecule has 1 heterocycles. The van der Waals surface area contributed by atoms with Gasteiger partial charge in [0.15, 0.2) is 6.10 Å². The summed E-state index contributed by atoms with van der Waals surface area (Å²) in [5, 5.41) is 0. The van der Waals surface area contributed by atoms with E-state index in [4.69, 9.17) is 9.47 Å². The van der Waals surface area contributed by atoms with Gasteiger partial charge in [-0.05, 0) is 62.2 Å². The van der Waals surface area contributed by atoms with E-state index in [1.807, 2.05) is 11.8 Å². The Morgan fingerprint density at radius 3 is 2.48 bits per heavy atom. The van der Waals surface area contributed by atoms with Crippen LogP contribution in [0, 0.1) is 23.7 Å². The zero-order valence-corrected chi connectivity index (χ0v) is 13.7. The van der Waals surface area contributed by atoms with E-state index in [1.54, 1.807) is 0 Å². The summed E-state index contributed by atoms with van der Waals surface area (Å²) in [5.41, 5.74) is 0. The Labute approximate surface area is 131 Å². The predicted octanol–water partition coefficient (Wildman–Crippen LogP) is 3.61. The van der Waals surface area contributed by atoms with Crippen molar-refractivity contribution in [2.24, 2.45) is 23.7 Å². The van der Waals surface area contributed by atoms with Crippen LogP contribution in [0.4, 0.5) is 0 Å². The third kappa shape index (κ3) is 2.33. The normalized spacial score (nSPS) is 47.2. The van der Waals surface area contributed by atoms with Crippen molar-refractivity contribution in [3.8, 4) is 0 Å². The van der Waals surface area contributed by atoms with Crippen molar-refractivity contribution < 1.29 is 14.3 Å². The minimum Gasteiger partial charge on any atom is -0.464 e. The molecule has 4 aliphatic carbocycles. The molecule has 0 aromatic rings. The largest absolute Gasteiger partial charge is 0.464 e. The summed E-state index contributed by atoms with van der Waals surface area (Å²) >= 11 is 1.93. The highest BCUT2D eigenvalue weighted by atomic mass is 32.2. The smallest absolute Gasteiger partial charge is 0.336 e. The van der Waals surface area contributed by atoms with Crippen molar-refractivity contribution in [2.75, 3.05) is 12.4 Å². The van der Waals surface area contributed by atoms with Gasteiger partial charge in [0.05, 0.1) is 6.61 Å². The van der Waals surface area contributed by atoms with Crippen molar-refractivity contribution in [1.29, 1.82) is 0 Å². The molecular formula is C17H26O3S. The van der Waals surface area contributed by atoms with Crippen LogP contribution in [-0.2, 0) is 14.3 Å². The molecule has 1 spiro atoms. The van der Waals surface area contributed by atoms with Crippen LogP contribution in [0.3, 0.4) is 0 Å². The molecule has 0 amide bonds. The molecule has 118 valence electrons. The van der Waals surface area contributed by atoms with Gasteiger partial charge in [-0.25, -0.2) is 4.79 Å². The van der Waals surface area contributed by atoms with Gasteiger partial charge >= 0.3 is 5.97 Å². The second-order valence-electron chi connectivity index (χ2n) is 7.46. The first-order valence-corrected chi connectivity index (χ1v) is 9.68. The van der Waals surface area contributed by atoms with Gasteiger partial charge in [-0.15, -0.1) is 11.8 Å². The number of esters is 1. The van der Waals surface area contributed by atoms with Crippen LogP contribution < -0.4 is 0 Å². The number of unbranched alkanes of at least 4 members (excludes halogenated alkanes) is 1. The summed E-state index contributed by atoms with van der Waals surface area (Å²) in [4.78, 5) is 12.1. The first kappa shape index (κ1) is 14.4. The van der Waals surface area contributed by atoms with E-state index in [0.717, 1.165) is 30.4 Å². The fourth-order valence-corrected chi connectivity index (χ4v) is 6.95. The first-order valence-electron chi connectivity index (χ1n) is 8.69. The molecule has 4 saturated carbocycles. The molecule has 1 saturated heterocycles. The Bertz CT molecular complexity index is 394. The van der Waals surface area contributed by atoms with Gasteiger partial charge in [0.1, 0.15) is 4.93 Å². The van der Waals surface area contributed by atoms with Gasteiger partial charge in [0.2, 0.25) is 0 Å². The standard InChI is InChI=1S/C17H26O3S/c1-2-3-4-19-16(18)15-10-21-17(20-15)13-6-11-5-12(8-13)9-14(17)7-11/h11-15H,2-10H2,1H3. The van der Waals surface area contributed by atoms with E-state index in [-0.39, 0.29) is 17.0 Å². The van der Waals surface area contributed by atoms with Gasteiger partial charge in [-0.3, -0.25) is 0 Å². The fraction of sp³-hybridized carbons (Fsp3) is 0.941. The molecule has 5 fully saturated rings. The molecule has 1 atom stereocenters. The van der Waals surface area contributed by atoms with Crippen molar-refractivity contribution in [3.05, 3.63) is 0 Å². The molecule has 3 nitrogen and oxygen atoms in total. The van der Waals surface area contributed by atoms with Crippen molar-refractivity contribution >= 4 is 17.7 Å². The molecule has 5 rings (SSSR count). The van der Waals surface area contributed by atoms with E-state index in [0.29, 0.717) is 18.4 Å². The second-order valence-corrected chi connectivity index (χ2v) is 8.72. The van der Waals surface area contributed by atoms with Crippen LogP contribution in [-0.4, -0.2) is 29.4 Å². The molecule has 0 aromatic carbocycles. The Hall–Kier alpha value is -0.220. The molecule has 21 heavy (non-hydrogen) atoms. The third-order valence-corrected chi connectivity index (χ3v) is 7.75. The van der Waals surface area contributed by atoms with E-state index >= 15 is 0 Å². The maximum Gasteiger partial charge on any atom is 0.336 e. The number of hydrogen-bond donors (Lipinski definition) is 0. The Kier molecular flexibility index (Phi) is 3.73. The lowest BCUT2D eigenvalue weighted by Gasteiger charge is -2.58. The maximum atomic E-state index is 12.2. The lowest BCUT2D eigenvalue weighted by atomic mass is 9.54. The summed E-state index contributed by atoms with van der Waals surface area (Å²) in [5.74, 6) is 3.93. The monoisotopic (exact) mass is 310 g/mol. The van der Waals surface area contributed by atoms with Crippen LogP contribution in [0.5, 0.6) is 0 Å². The number of carbonyl (C=O) groups excluding carboxylic acids is 1. The highest BCUT2D eigenvalue weighted by molar-refractivity contribution is 8.00. The molecule has 1 unspecified atom stereocenters. The summed E-state index contributed by atoms with van der Waals surface area (Å²) in [6.07, 6.45) is 8.47. The average molecular weight is 310 g/mol. The fourth-order valence-electron chi connectivity index (χ4n) is 5.29. The minimum absolute atomic E-state index is 0.0398. The molecule has 0 radical (unpaired) electrons. The van der Waals surface area contributed by atoms with E-state index in [9.17, 15) is 4.79 Å². The average Bonchev–Trinajstić information content (AvgIpc) is 2.91. The summed E-state index contributed by atoms with van der Waals surface area (Å²) in [6.45, 7) is 2.66. The molecule has 4 heteroatoms. The lowest BCUT2D eigenvalue weighted by molar-refractivity contribution is -0.183. The Morgan fingerprint density at radius 2 is 1.86 bits per heavy atom. The number of carbonyl (C=O) groups is 1. The van der Waals surface area contributed by atoms with E-state index in [2.05, 4.69) is 6.92 Å². The van der Waals surface area contributed by atoms with E-state index in [1.165, 1.54) is 32.1 Å². The minimum atomic E-state index is -0.315. The maximum absolute atomic E-state index is 12.2. The Balaban J connectivity index is 1.42. The number of thioether (sulfide) groups is 1. The van der Waals surface area contributed by atoms with Crippen LogP contribution in [0.2, 0.25) is 0 Å². The van der Waals surface area contributed by atoms with E-state index < -0.39 is 0 Å².